The van der Waals surface area contributed by atoms with Crippen molar-refractivity contribution in [3.8, 4) is 0 Å². The molecule has 1 N–H and O–H groups in total. The van der Waals surface area contributed by atoms with E-state index in [1.807, 2.05) is 21.6 Å². The third-order valence-electron chi connectivity index (χ3n) is 4.89. The van der Waals surface area contributed by atoms with E-state index in [1.54, 1.807) is 0 Å². The van der Waals surface area contributed by atoms with Crippen LogP contribution >= 0.6 is 21.6 Å². The molecule has 2 aliphatic carbocycles. The maximum atomic E-state index is 11.9. The molecule has 0 spiro atoms. The van der Waals surface area contributed by atoms with E-state index in [2.05, 4.69) is 17.5 Å². The van der Waals surface area contributed by atoms with E-state index in [0.717, 1.165) is 36.5 Å². The average Bonchev–Trinajstić information content (AvgIpc) is 3.18. The summed E-state index contributed by atoms with van der Waals surface area (Å²) in [5.41, 5.74) is 0. The quantitative estimate of drug-likeness (QED) is 0.437. The van der Waals surface area contributed by atoms with Crippen LogP contribution in [0.5, 0.6) is 0 Å². The first-order chi connectivity index (χ1) is 9.81. The molecular formula is C16H25NOS2. The summed E-state index contributed by atoms with van der Waals surface area (Å²) in [7, 11) is 4.05. The second-order valence-corrected chi connectivity index (χ2v) is 9.21. The lowest BCUT2D eigenvalue weighted by Gasteiger charge is -2.18. The van der Waals surface area contributed by atoms with Crippen LogP contribution in [0.15, 0.2) is 12.2 Å². The van der Waals surface area contributed by atoms with Crippen molar-refractivity contribution in [1.82, 2.24) is 5.32 Å². The first-order valence-corrected chi connectivity index (χ1v) is 10.4. The molecule has 2 bridgehead atoms. The Labute approximate surface area is 130 Å². The van der Waals surface area contributed by atoms with Crippen LogP contribution in [-0.2, 0) is 4.79 Å². The van der Waals surface area contributed by atoms with E-state index in [4.69, 9.17) is 0 Å². The van der Waals surface area contributed by atoms with Gasteiger partial charge in [0.05, 0.1) is 0 Å². The topological polar surface area (TPSA) is 29.1 Å². The summed E-state index contributed by atoms with van der Waals surface area (Å²) in [6.07, 6.45) is 13.0. The largest absolute Gasteiger partial charge is 0.356 e. The summed E-state index contributed by atoms with van der Waals surface area (Å²) in [6.45, 7) is 0.902. The lowest BCUT2D eigenvalue weighted by atomic mass is 9.93. The Bertz CT molecular complexity index is 365. The highest BCUT2D eigenvalue weighted by molar-refractivity contribution is 8.77. The summed E-state index contributed by atoms with van der Waals surface area (Å²) in [6, 6.07) is 0. The molecule has 1 amide bonds. The van der Waals surface area contributed by atoms with Gasteiger partial charge in [-0.05, 0) is 49.9 Å². The van der Waals surface area contributed by atoms with Crippen LogP contribution in [0.2, 0.25) is 0 Å². The van der Waals surface area contributed by atoms with Gasteiger partial charge >= 0.3 is 0 Å². The SMILES string of the molecule is O=C(CCCC[C@@H]1CCSS1)NCC1CC2C=CC1C2. The molecule has 4 heteroatoms. The van der Waals surface area contributed by atoms with Gasteiger partial charge < -0.3 is 5.32 Å². The molecule has 3 rings (SSSR count). The van der Waals surface area contributed by atoms with Crippen LogP contribution in [0.3, 0.4) is 0 Å². The summed E-state index contributed by atoms with van der Waals surface area (Å²) >= 11 is 0. The number of nitrogens with one attached hydrogen (secondary N) is 1. The predicted octanol–water partition coefficient (Wildman–Crippen LogP) is 4.03. The van der Waals surface area contributed by atoms with Gasteiger partial charge in [0.2, 0.25) is 5.91 Å². The normalized spacial score (nSPS) is 34.8. The van der Waals surface area contributed by atoms with Crippen LogP contribution in [0.1, 0.15) is 44.9 Å². The molecule has 1 aliphatic heterocycles. The molecule has 2 nitrogen and oxygen atoms in total. The van der Waals surface area contributed by atoms with Gasteiger partial charge in [0.25, 0.3) is 0 Å². The summed E-state index contributed by atoms with van der Waals surface area (Å²) in [5.74, 6) is 3.85. The first kappa shape index (κ1) is 14.8. The maximum absolute atomic E-state index is 11.9. The Balaban J connectivity index is 1.23. The molecule has 1 heterocycles. The highest BCUT2D eigenvalue weighted by Crippen LogP contribution is 2.43. The third-order valence-corrected chi connectivity index (χ3v) is 7.89. The van der Waals surface area contributed by atoms with Crippen LogP contribution in [0.25, 0.3) is 0 Å². The Morgan fingerprint density at radius 1 is 1.25 bits per heavy atom. The molecule has 3 unspecified atom stereocenters. The molecule has 1 saturated carbocycles. The number of fused-ring (bicyclic) bond motifs is 2. The van der Waals surface area contributed by atoms with E-state index >= 15 is 0 Å². The van der Waals surface area contributed by atoms with Crippen molar-refractivity contribution in [3.63, 3.8) is 0 Å². The van der Waals surface area contributed by atoms with Gasteiger partial charge in [-0.2, -0.15) is 0 Å². The summed E-state index contributed by atoms with van der Waals surface area (Å²) in [5, 5.41) is 4.01. The van der Waals surface area contributed by atoms with Crippen molar-refractivity contribution < 1.29 is 4.79 Å². The zero-order valence-electron chi connectivity index (χ0n) is 12.1. The van der Waals surface area contributed by atoms with Crippen molar-refractivity contribution in [2.45, 2.75) is 50.2 Å². The zero-order chi connectivity index (χ0) is 13.8. The highest BCUT2D eigenvalue weighted by atomic mass is 33.1. The minimum Gasteiger partial charge on any atom is -0.356 e. The molecule has 0 aromatic rings. The third kappa shape index (κ3) is 3.97. The number of rotatable bonds is 7. The van der Waals surface area contributed by atoms with Crippen molar-refractivity contribution in [2.75, 3.05) is 12.3 Å². The Morgan fingerprint density at radius 2 is 2.20 bits per heavy atom. The Morgan fingerprint density at radius 3 is 2.90 bits per heavy atom. The van der Waals surface area contributed by atoms with E-state index in [-0.39, 0.29) is 5.91 Å². The van der Waals surface area contributed by atoms with E-state index in [0.29, 0.717) is 5.92 Å². The lowest BCUT2D eigenvalue weighted by molar-refractivity contribution is -0.121. The molecule has 20 heavy (non-hydrogen) atoms. The predicted molar refractivity (Wildman–Crippen MR) is 88.8 cm³/mol. The zero-order valence-corrected chi connectivity index (χ0v) is 13.7. The molecular weight excluding hydrogens is 286 g/mol. The molecule has 4 atom stereocenters. The van der Waals surface area contributed by atoms with Gasteiger partial charge in [-0.1, -0.05) is 40.2 Å². The Hall–Kier alpha value is -0.0900. The van der Waals surface area contributed by atoms with Crippen molar-refractivity contribution in [1.29, 1.82) is 0 Å². The molecule has 2 fully saturated rings. The van der Waals surface area contributed by atoms with Crippen LogP contribution < -0.4 is 5.32 Å². The van der Waals surface area contributed by atoms with E-state index in [1.165, 1.54) is 37.9 Å². The van der Waals surface area contributed by atoms with Crippen LogP contribution in [-0.4, -0.2) is 23.5 Å². The van der Waals surface area contributed by atoms with Gasteiger partial charge in [0.15, 0.2) is 0 Å². The second-order valence-electron chi connectivity index (χ2n) is 6.42. The lowest BCUT2D eigenvalue weighted by Crippen LogP contribution is -2.30. The standard InChI is InChI=1S/C16H25NOS2/c18-16(4-2-1-3-15-7-8-19-20-15)17-11-14-10-12-5-6-13(14)9-12/h5-6,12-15H,1-4,7-11H2,(H,17,18)/t12?,13?,14?,15-/m1/s1. The number of hydrogen-bond donors (Lipinski definition) is 1. The second kappa shape index (κ2) is 7.26. The number of amides is 1. The van der Waals surface area contributed by atoms with Crippen LogP contribution in [0, 0.1) is 17.8 Å². The van der Waals surface area contributed by atoms with Gasteiger partial charge in [-0.3, -0.25) is 4.79 Å². The number of allylic oxidation sites excluding steroid dienone is 2. The summed E-state index contributed by atoms with van der Waals surface area (Å²) < 4.78 is 0. The number of hydrogen-bond acceptors (Lipinski definition) is 3. The molecule has 0 radical (unpaired) electrons. The molecule has 112 valence electrons. The van der Waals surface area contributed by atoms with Crippen molar-refractivity contribution in [3.05, 3.63) is 12.2 Å². The summed E-state index contributed by atoms with van der Waals surface area (Å²) in [4.78, 5) is 11.9. The van der Waals surface area contributed by atoms with Gasteiger partial charge in [-0.25, -0.2) is 0 Å². The number of unbranched alkanes of at least 4 members (excludes halogenated alkanes) is 1. The van der Waals surface area contributed by atoms with Gasteiger partial charge in [0.1, 0.15) is 0 Å². The maximum Gasteiger partial charge on any atom is 0.220 e. The van der Waals surface area contributed by atoms with E-state index in [9.17, 15) is 4.79 Å². The fourth-order valence-electron chi connectivity index (χ4n) is 3.68. The molecule has 3 aliphatic rings. The average molecular weight is 312 g/mol. The number of carbonyl (C=O) groups is 1. The Kier molecular flexibility index (Phi) is 5.38. The van der Waals surface area contributed by atoms with Gasteiger partial charge in [-0.15, -0.1) is 0 Å². The van der Waals surface area contributed by atoms with Crippen LogP contribution in [0.4, 0.5) is 0 Å². The fourth-order valence-corrected chi connectivity index (χ4v) is 6.71. The molecule has 0 aromatic carbocycles. The van der Waals surface area contributed by atoms with Crippen molar-refractivity contribution in [2.24, 2.45) is 17.8 Å². The molecule has 0 aromatic heterocycles. The molecule has 1 saturated heterocycles. The first-order valence-electron chi connectivity index (χ1n) is 8.04. The monoisotopic (exact) mass is 311 g/mol. The van der Waals surface area contributed by atoms with Crippen molar-refractivity contribution >= 4 is 27.5 Å². The minimum absolute atomic E-state index is 0.269. The van der Waals surface area contributed by atoms with E-state index < -0.39 is 0 Å². The highest BCUT2D eigenvalue weighted by Gasteiger charge is 2.35. The minimum atomic E-state index is 0.269. The van der Waals surface area contributed by atoms with Gasteiger partial charge in [0, 0.05) is 24.0 Å². The fraction of sp³-hybridized carbons (Fsp3) is 0.812. The smallest absolute Gasteiger partial charge is 0.220 e. The number of carbonyl (C=O) groups excluding carboxylic acids is 1.